The average Bonchev–Trinajstić information content (AvgIpc) is 3.54. The number of halogens is 5. The number of rotatable bonds is 10. The number of carbonyl (C=O) groups excluding carboxylic acids is 4. The molecule has 0 amide bonds. The predicted octanol–water partition coefficient (Wildman–Crippen LogP) is 8.41. The van der Waals surface area contributed by atoms with Crippen molar-refractivity contribution in [2.45, 2.75) is 98.3 Å². The Morgan fingerprint density at radius 2 is 1.28 bits per heavy atom. The number of ketones is 3. The van der Waals surface area contributed by atoms with Gasteiger partial charge >= 0.3 is 21.5 Å². The van der Waals surface area contributed by atoms with Crippen LogP contribution in [0.4, 0.5) is 22.0 Å². The van der Waals surface area contributed by atoms with Gasteiger partial charge in [0, 0.05) is 42.5 Å². The molecule has 3 aromatic rings. The van der Waals surface area contributed by atoms with Crippen molar-refractivity contribution in [1.29, 1.82) is 0 Å². The number of hydrogen-bond acceptors (Lipinski definition) is 7. The highest BCUT2D eigenvalue weighted by Gasteiger charge is 2.71. The number of carboxylic acids is 1. The molecule has 4 aliphatic rings. The maximum Gasteiger partial charge on any atom is 0.399 e. The van der Waals surface area contributed by atoms with E-state index in [1.54, 1.807) is 6.92 Å². The van der Waals surface area contributed by atoms with Crippen molar-refractivity contribution in [1.82, 2.24) is 0 Å². The van der Waals surface area contributed by atoms with Gasteiger partial charge in [-0.1, -0.05) is 75.4 Å². The van der Waals surface area contributed by atoms with Gasteiger partial charge < -0.3 is 9.90 Å². The third kappa shape index (κ3) is 8.47. The van der Waals surface area contributed by atoms with E-state index in [9.17, 15) is 54.7 Å². The quantitative estimate of drug-likeness (QED) is 0.122. The summed E-state index contributed by atoms with van der Waals surface area (Å²) in [5.41, 5.74) is -2.34. The topological polar surface area (TPSA) is 146 Å². The van der Waals surface area contributed by atoms with E-state index in [0.717, 1.165) is 0 Å². The smallest absolute Gasteiger partial charge is 0.399 e. The van der Waals surface area contributed by atoms with Gasteiger partial charge in [-0.15, -0.1) is 0 Å². The fourth-order valence-corrected chi connectivity index (χ4v) is 14.0. The number of carbonyl (C=O) groups is 4. The van der Waals surface area contributed by atoms with Crippen LogP contribution in [0.15, 0.2) is 106 Å². The molecule has 10 atom stereocenters. The second-order valence-electron chi connectivity index (χ2n) is 17.4. The molecule has 0 bridgehead atoms. The molecule has 7 rings (SSSR count). The first-order valence-corrected chi connectivity index (χ1v) is 22.8. The molecule has 15 heteroatoms. The van der Waals surface area contributed by atoms with Gasteiger partial charge in [-0.05, 0) is 104 Å². The highest BCUT2D eigenvalue weighted by molar-refractivity contribution is 7.97. The summed E-state index contributed by atoms with van der Waals surface area (Å²) in [5.74, 6) is -12.9. The second kappa shape index (κ2) is 17.1. The maximum absolute atomic E-state index is 14.7. The minimum atomic E-state index is -6.55. The average molecular weight is 877 g/mol. The summed E-state index contributed by atoms with van der Waals surface area (Å²) in [5, 5.41) is 5.32. The number of fused-ring (bicyclic) bond motifs is 5. The minimum Gasteiger partial charge on any atom is -0.550 e. The van der Waals surface area contributed by atoms with Gasteiger partial charge in [0.15, 0.2) is 14.7 Å². The molecule has 4 saturated carbocycles. The van der Waals surface area contributed by atoms with E-state index in [1.165, 1.54) is 21.6 Å². The summed E-state index contributed by atoms with van der Waals surface area (Å²) in [6.45, 7) is 5.06. The third-order valence-electron chi connectivity index (χ3n) is 14.2. The predicted molar refractivity (Wildman–Crippen MR) is 211 cm³/mol. The number of carboxylic acid groups (broad SMARTS) is 1. The van der Waals surface area contributed by atoms with Gasteiger partial charge in [0.25, 0.3) is 0 Å². The van der Waals surface area contributed by atoms with Crippen molar-refractivity contribution >= 4 is 44.3 Å². The Balaban J connectivity index is 0.000000263. The van der Waals surface area contributed by atoms with Crippen molar-refractivity contribution in [3.8, 4) is 0 Å². The molecule has 0 saturated heterocycles. The van der Waals surface area contributed by atoms with Gasteiger partial charge in [-0.25, -0.2) is 0 Å². The first-order valence-electron chi connectivity index (χ1n) is 20.1. The summed E-state index contributed by atoms with van der Waals surface area (Å²) in [6.07, 6.45) is -6.75. The first kappa shape index (κ1) is 45.6. The third-order valence-corrected chi connectivity index (χ3v) is 17.4. The lowest BCUT2D eigenvalue weighted by Gasteiger charge is -2.60. The van der Waals surface area contributed by atoms with Crippen LogP contribution in [0.25, 0.3) is 0 Å². The number of benzene rings is 3. The number of Topliss-reactive ketones (excluding diaryl/α,β-unsaturated/α-hetero) is 3. The number of aliphatic carboxylic acids is 1. The fourth-order valence-electron chi connectivity index (χ4n) is 11.3. The van der Waals surface area contributed by atoms with Gasteiger partial charge in [-0.2, -0.15) is 30.4 Å². The number of alkyl halides is 5. The van der Waals surface area contributed by atoms with Crippen LogP contribution < -0.4 is 5.11 Å². The van der Waals surface area contributed by atoms with Crippen LogP contribution in [0.2, 0.25) is 0 Å². The van der Waals surface area contributed by atoms with Gasteiger partial charge in [-0.3, -0.25) is 18.9 Å². The zero-order chi connectivity index (χ0) is 44.0. The summed E-state index contributed by atoms with van der Waals surface area (Å²) in [7, 11) is -6.56. The van der Waals surface area contributed by atoms with Crippen LogP contribution in [0.1, 0.15) is 72.1 Å². The van der Waals surface area contributed by atoms with E-state index in [4.69, 9.17) is 4.55 Å². The Bertz CT molecular complexity index is 2080. The Morgan fingerprint density at radius 1 is 0.800 bits per heavy atom. The standard InChI is InChI=1S/C27H35F5O8S.C18H15S/c1-12(4-7-21(36)37)15-5-6-16-22-17(10-20(35)25(15,16)3)24(2)11-14(18(33)8-13(24)9-19(22)34)23(26(28,29)30)27(31,32)41(38,39)40;1-4-10-16(11-5-1)19(17-12-6-2-7-13-17)18-14-8-3-9-15-18/h12-17,22-23H,4-11H2,1-3H3,(H,36,37)(H,38,39,40);1-15H/q;+1/p-1/t12-,13?,14?,15-,16?,17?,22?,23?,24+,25-;/m1./s1. The van der Waals surface area contributed by atoms with E-state index >= 15 is 0 Å². The molecular formula is C45H49F5O8S2. The van der Waals surface area contributed by atoms with Crippen LogP contribution in [-0.4, -0.2) is 47.7 Å². The molecule has 324 valence electrons. The van der Waals surface area contributed by atoms with Crippen molar-refractivity contribution in [2.75, 3.05) is 0 Å². The Kier molecular flexibility index (Phi) is 13.0. The molecule has 0 aromatic heterocycles. The van der Waals surface area contributed by atoms with E-state index in [2.05, 4.69) is 91.0 Å². The zero-order valence-corrected chi connectivity index (χ0v) is 35.1. The largest absolute Gasteiger partial charge is 0.550 e. The van der Waals surface area contributed by atoms with E-state index in [-0.39, 0.29) is 60.0 Å². The van der Waals surface area contributed by atoms with Crippen molar-refractivity contribution in [3.05, 3.63) is 91.0 Å². The van der Waals surface area contributed by atoms with Crippen molar-refractivity contribution in [3.63, 3.8) is 0 Å². The molecule has 6 unspecified atom stereocenters. The van der Waals surface area contributed by atoms with Gasteiger partial charge in [0.05, 0.1) is 10.9 Å². The van der Waals surface area contributed by atoms with E-state index < -0.39 is 92.5 Å². The molecule has 0 heterocycles. The summed E-state index contributed by atoms with van der Waals surface area (Å²) in [6, 6.07) is 32.2. The Morgan fingerprint density at radius 3 is 1.73 bits per heavy atom. The van der Waals surface area contributed by atoms with Crippen LogP contribution in [-0.2, 0) is 40.2 Å². The fraction of sp³-hybridized carbons (Fsp3) is 0.511. The van der Waals surface area contributed by atoms with Crippen LogP contribution in [0.3, 0.4) is 0 Å². The molecule has 1 N–H and O–H groups in total. The van der Waals surface area contributed by atoms with Crippen molar-refractivity contribution < 1.29 is 59.2 Å². The van der Waals surface area contributed by atoms with Crippen LogP contribution >= 0.6 is 0 Å². The normalized spacial score (nSPS) is 30.3. The molecule has 0 radical (unpaired) electrons. The van der Waals surface area contributed by atoms with E-state index in [0.29, 0.717) is 12.8 Å². The molecule has 8 nitrogen and oxygen atoms in total. The maximum atomic E-state index is 14.7. The van der Waals surface area contributed by atoms with Gasteiger partial charge in [0.1, 0.15) is 23.3 Å². The lowest BCUT2D eigenvalue weighted by atomic mass is 9.42. The highest BCUT2D eigenvalue weighted by atomic mass is 32.2. The summed E-state index contributed by atoms with van der Waals surface area (Å²) < 4.78 is 103. The van der Waals surface area contributed by atoms with Crippen LogP contribution in [0, 0.1) is 58.2 Å². The summed E-state index contributed by atoms with van der Waals surface area (Å²) in [4.78, 5) is 55.4. The number of hydrogen-bond donors (Lipinski definition) is 1. The van der Waals surface area contributed by atoms with E-state index in [1.807, 2.05) is 6.92 Å². The zero-order valence-electron chi connectivity index (χ0n) is 33.4. The summed E-state index contributed by atoms with van der Waals surface area (Å²) >= 11 is 0. The molecular weight excluding hydrogens is 828 g/mol. The van der Waals surface area contributed by atoms with Crippen molar-refractivity contribution in [2.24, 2.45) is 58.2 Å². The van der Waals surface area contributed by atoms with Crippen LogP contribution in [0.5, 0.6) is 0 Å². The molecule has 0 aliphatic heterocycles. The molecule has 3 aromatic carbocycles. The second-order valence-corrected chi connectivity index (χ2v) is 20.9. The molecule has 0 spiro atoms. The molecule has 4 aliphatic carbocycles. The Labute approximate surface area is 349 Å². The first-order chi connectivity index (χ1) is 28.0. The minimum absolute atomic E-state index is 0.0146. The molecule has 60 heavy (non-hydrogen) atoms. The van der Waals surface area contributed by atoms with Gasteiger partial charge in [0.2, 0.25) is 0 Å². The lowest BCUT2D eigenvalue weighted by molar-refractivity contribution is -0.306. The SMILES string of the molecule is C[C@H](CCC(=O)[O-])[C@H]1CCC2C3C(=O)CC4CC(=O)C(C(C(F)(F)F)C(F)(F)S(=O)(=O)O)C[C@]4(C)C3CC(=O)[C@@]21C.c1ccc([S+](c2ccccc2)c2ccccc2)cc1. The molecule has 4 fully saturated rings. The Hall–Kier alpha value is -3.95. The monoisotopic (exact) mass is 876 g/mol. The lowest BCUT2D eigenvalue weighted by Crippen LogP contribution is -2.62. The highest BCUT2D eigenvalue weighted by Crippen LogP contribution is 2.68.